The number of benzene rings is 2. The number of halogens is 2. The molecule has 37 heavy (non-hydrogen) atoms. The van der Waals surface area contributed by atoms with Gasteiger partial charge in [0.05, 0.1) is 46.0 Å². The summed E-state index contributed by atoms with van der Waals surface area (Å²) in [6, 6.07) is 10.9. The van der Waals surface area contributed by atoms with E-state index in [1.54, 1.807) is 18.2 Å². The van der Waals surface area contributed by atoms with Crippen LogP contribution in [0.25, 0.3) is 10.9 Å². The third-order valence-electron chi connectivity index (χ3n) is 7.22. The fourth-order valence-corrected chi connectivity index (χ4v) is 6.94. The highest BCUT2D eigenvalue weighted by molar-refractivity contribution is 7.91. The summed E-state index contributed by atoms with van der Waals surface area (Å²) in [4.78, 5) is 9.00. The van der Waals surface area contributed by atoms with Gasteiger partial charge in [-0.3, -0.25) is 9.88 Å². The highest BCUT2D eigenvalue weighted by Gasteiger charge is 2.32. The minimum absolute atomic E-state index is 0.0608. The molecule has 2 saturated heterocycles. The van der Waals surface area contributed by atoms with Crippen molar-refractivity contribution in [1.82, 2.24) is 9.88 Å². The van der Waals surface area contributed by atoms with Gasteiger partial charge in [0.1, 0.15) is 10.7 Å². The van der Waals surface area contributed by atoms with Gasteiger partial charge in [0.15, 0.2) is 0 Å². The number of pyridine rings is 1. The van der Waals surface area contributed by atoms with Gasteiger partial charge in [-0.2, -0.15) is 5.26 Å². The number of morpholine rings is 1. The third kappa shape index (κ3) is 5.30. The van der Waals surface area contributed by atoms with Crippen LogP contribution in [0.5, 0.6) is 0 Å². The van der Waals surface area contributed by atoms with Crippen LogP contribution in [0.1, 0.15) is 31.2 Å². The average Bonchev–Trinajstić information content (AvgIpc) is 2.93. The molecule has 3 aromatic rings. The largest absolute Gasteiger partial charge is 0.379 e. The molecule has 1 unspecified atom stereocenters. The van der Waals surface area contributed by atoms with Gasteiger partial charge in [0, 0.05) is 43.8 Å². The summed E-state index contributed by atoms with van der Waals surface area (Å²) in [5, 5.41) is 9.81. The molecule has 0 bridgehead atoms. The second-order valence-electron chi connectivity index (χ2n) is 9.48. The Morgan fingerprint density at radius 2 is 1.95 bits per heavy atom. The van der Waals surface area contributed by atoms with Gasteiger partial charge in [0.25, 0.3) is 0 Å². The first kappa shape index (κ1) is 25.9. The molecule has 2 aromatic carbocycles. The molecule has 194 valence electrons. The zero-order chi connectivity index (χ0) is 26.0. The first-order valence-electron chi connectivity index (χ1n) is 12.5. The topological polar surface area (TPSA) is 86.5 Å². The molecular weight excluding hydrogens is 515 g/mol. The quantitative estimate of drug-likeness (QED) is 0.413. The van der Waals surface area contributed by atoms with E-state index < -0.39 is 15.7 Å². The minimum atomic E-state index is -4.07. The molecule has 0 saturated carbocycles. The number of fused-ring (bicyclic) bond motifs is 1. The van der Waals surface area contributed by atoms with E-state index in [1.165, 1.54) is 12.3 Å². The zero-order valence-corrected chi connectivity index (χ0v) is 21.9. The predicted octanol–water partition coefficient (Wildman–Crippen LogP) is 4.81. The molecule has 0 spiro atoms. The number of nitrogens with zero attached hydrogens (tertiary/aromatic N) is 4. The van der Waals surface area contributed by atoms with Gasteiger partial charge in [-0.25, -0.2) is 12.8 Å². The van der Waals surface area contributed by atoms with E-state index in [2.05, 4.69) is 20.9 Å². The molecule has 2 aliphatic heterocycles. The van der Waals surface area contributed by atoms with Crippen molar-refractivity contribution < 1.29 is 17.5 Å². The number of piperidine rings is 1. The molecular formula is C27H28ClFN4O3S. The molecule has 3 heterocycles. The van der Waals surface area contributed by atoms with Crippen molar-refractivity contribution in [2.24, 2.45) is 0 Å². The van der Waals surface area contributed by atoms with Crippen LogP contribution < -0.4 is 4.90 Å². The summed E-state index contributed by atoms with van der Waals surface area (Å²) in [6.45, 7) is 4.86. The van der Waals surface area contributed by atoms with Crippen LogP contribution in [-0.2, 0) is 14.6 Å². The maximum atomic E-state index is 13.9. The van der Waals surface area contributed by atoms with Crippen LogP contribution in [-0.4, -0.2) is 63.7 Å². The summed E-state index contributed by atoms with van der Waals surface area (Å²) in [7, 11) is -4.07. The summed E-state index contributed by atoms with van der Waals surface area (Å²) in [5.74, 6) is -0.680. The van der Waals surface area contributed by atoms with E-state index >= 15 is 0 Å². The Kier molecular flexibility index (Phi) is 7.63. The molecule has 10 heteroatoms. The van der Waals surface area contributed by atoms with E-state index in [-0.39, 0.29) is 20.9 Å². The normalized spacial score (nSPS) is 19.2. The monoisotopic (exact) mass is 542 g/mol. The Hall–Kier alpha value is -2.77. The lowest BCUT2D eigenvalue weighted by molar-refractivity contribution is 0.0362. The van der Waals surface area contributed by atoms with Gasteiger partial charge in [-0.15, -0.1) is 0 Å². The Morgan fingerprint density at radius 1 is 1.14 bits per heavy atom. The molecule has 2 aliphatic rings. The standard InChI is InChI=1S/C27H28ClFN4O3S/c28-23-16-21(5-7-24(23)29)37(34,35)26-18-31-25-15-19(17-30)4-6-22(25)27(26)33-9-2-1-3-20(33)8-10-32-11-13-36-14-12-32/h4-7,15-16,18,20H,1-3,8-14H2. The lowest BCUT2D eigenvalue weighted by atomic mass is 9.97. The highest BCUT2D eigenvalue weighted by Crippen LogP contribution is 2.40. The highest BCUT2D eigenvalue weighted by atomic mass is 35.5. The molecule has 2 fully saturated rings. The Balaban J connectivity index is 1.61. The third-order valence-corrected chi connectivity index (χ3v) is 9.27. The van der Waals surface area contributed by atoms with Gasteiger partial charge >= 0.3 is 0 Å². The minimum Gasteiger partial charge on any atom is -0.379 e. The van der Waals surface area contributed by atoms with Crippen molar-refractivity contribution >= 4 is 38.0 Å². The average molecular weight is 543 g/mol. The number of sulfone groups is 1. The van der Waals surface area contributed by atoms with Gasteiger partial charge in [0.2, 0.25) is 9.84 Å². The first-order valence-corrected chi connectivity index (χ1v) is 14.3. The van der Waals surface area contributed by atoms with E-state index in [0.717, 1.165) is 70.7 Å². The maximum Gasteiger partial charge on any atom is 0.210 e. The molecule has 0 amide bonds. The number of anilines is 1. The van der Waals surface area contributed by atoms with E-state index in [1.807, 2.05) is 0 Å². The summed E-state index contributed by atoms with van der Waals surface area (Å²) in [6.07, 6.45) is 5.21. The van der Waals surface area contributed by atoms with Crippen molar-refractivity contribution in [3.8, 4) is 6.07 Å². The Bertz CT molecular complexity index is 1450. The van der Waals surface area contributed by atoms with Crippen LogP contribution in [0.4, 0.5) is 10.1 Å². The Morgan fingerprint density at radius 3 is 2.70 bits per heavy atom. The number of nitriles is 1. The van der Waals surface area contributed by atoms with Crippen LogP contribution in [0.15, 0.2) is 52.4 Å². The lowest BCUT2D eigenvalue weighted by Gasteiger charge is -2.40. The number of rotatable bonds is 6. The Labute approximate surface area is 221 Å². The van der Waals surface area contributed by atoms with Gasteiger partial charge < -0.3 is 9.64 Å². The zero-order valence-electron chi connectivity index (χ0n) is 20.4. The lowest BCUT2D eigenvalue weighted by Crippen LogP contribution is -2.44. The van der Waals surface area contributed by atoms with Crippen LogP contribution in [0, 0.1) is 17.1 Å². The summed E-state index contributed by atoms with van der Waals surface area (Å²) in [5.41, 5.74) is 1.60. The molecule has 5 rings (SSSR count). The number of ether oxygens (including phenoxy) is 1. The van der Waals surface area contributed by atoms with Crippen molar-refractivity contribution in [2.45, 2.75) is 41.5 Å². The molecule has 0 N–H and O–H groups in total. The molecule has 7 nitrogen and oxygen atoms in total. The van der Waals surface area contributed by atoms with Gasteiger partial charge in [-0.05, 0) is 62.1 Å². The van der Waals surface area contributed by atoms with E-state index in [9.17, 15) is 18.1 Å². The van der Waals surface area contributed by atoms with E-state index in [0.29, 0.717) is 28.7 Å². The van der Waals surface area contributed by atoms with Crippen molar-refractivity contribution in [2.75, 3.05) is 44.3 Å². The molecule has 0 radical (unpaired) electrons. The van der Waals surface area contributed by atoms with Crippen molar-refractivity contribution in [3.05, 3.63) is 59.0 Å². The maximum absolute atomic E-state index is 13.9. The predicted molar refractivity (Wildman–Crippen MR) is 140 cm³/mol. The molecule has 1 atom stereocenters. The van der Waals surface area contributed by atoms with Crippen LogP contribution >= 0.6 is 11.6 Å². The summed E-state index contributed by atoms with van der Waals surface area (Å²) < 4.78 is 47.2. The second-order valence-corrected chi connectivity index (χ2v) is 11.8. The van der Waals surface area contributed by atoms with Gasteiger partial charge in [-0.1, -0.05) is 11.6 Å². The van der Waals surface area contributed by atoms with Crippen molar-refractivity contribution in [1.29, 1.82) is 5.26 Å². The SMILES string of the molecule is N#Cc1ccc2c(N3CCCCC3CCN3CCOCC3)c(S(=O)(=O)c3ccc(F)c(Cl)c3)cnc2c1. The summed E-state index contributed by atoms with van der Waals surface area (Å²) >= 11 is 5.95. The number of aromatic nitrogens is 1. The smallest absolute Gasteiger partial charge is 0.210 e. The fraction of sp³-hybridized carbons (Fsp3) is 0.407. The number of hydrogen-bond donors (Lipinski definition) is 0. The molecule has 0 aliphatic carbocycles. The van der Waals surface area contributed by atoms with Crippen LogP contribution in [0.3, 0.4) is 0 Å². The second kappa shape index (κ2) is 10.9. The fourth-order valence-electron chi connectivity index (χ4n) is 5.25. The first-order chi connectivity index (χ1) is 17.9. The number of hydrogen-bond acceptors (Lipinski definition) is 7. The van der Waals surface area contributed by atoms with E-state index in [4.69, 9.17) is 16.3 Å². The van der Waals surface area contributed by atoms with Crippen molar-refractivity contribution in [3.63, 3.8) is 0 Å². The van der Waals surface area contributed by atoms with Crippen LogP contribution in [0.2, 0.25) is 5.02 Å². The molecule has 1 aromatic heterocycles.